The molecule has 2 heterocycles. The SMILES string of the molecule is Cc1ccc(-c2nc(-c3ccc(C)cc3)[n+]3ccc4ccccc4c3c2NC(C)(C)C)cc1. The molecule has 1 N–H and O–H groups in total. The predicted molar refractivity (Wildman–Crippen MR) is 139 cm³/mol. The van der Waals surface area contributed by atoms with Crippen LogP contribution in [0, 0.1) is 13.8 Å². The lowest BCUT2D eigenvalue weighted by atomic mass is 10.0. The summed E-state index contributed by atoms with van der Waals surface area (Å²) in [7, 11) is 0. The highest BCUT2D eigenvalue weighted by atomic mass is 15.1. The Kier molecular flexibility index (Phi) is 5.13. The normalized spacial score (nSPS) is 11.8. The molecule has 2 aromatic heterocycles. The highest BCUT2D eigenvalue weighted by molar-refractivity contribution is 6.03. The van der Waals surface area contributed by atoms with Gasteiger partial charge in [-0.25, -0.2) is 0 Å². The summed E-state index contributed by atoms with van der Waals surface area (Å²) in [4.78, 5) is 5.29. The van der Waals surface area contributed by atoms with Gasteiger partial charge < -0.3 is 5.32 Å². The summed E-state index contributed by atoms with van der Waals surface area (Å²) in [6, 6.07) is 28.0. The van der Waals surface area contributed by atoms with Crippen molar-refractivity contribution in [3.63, 3.8) is 0 Å². The van der Waals surface area contributed by atoms with Gasteiger partial charge in [-0.1, -0.05) is 71.8 Å². The van der Waals surface area contributed by atoms with Gasteiger partial charge in [0.15, 0.2) is 5.52 Å². The molecule has 0 radical (unpaired) electrons. The first-order chi connectivity index (χ1) is 15.8. The van der Waals surface area contributed by atoms with Crippen molar-refractivity contribution in [1.29, 1.82) is 0 Å². The third-order valence-corrected chi connectivity index (χ3v) is 5.91. The van der Waals surface area contributed by atoms with Gasteiger partial charge in [0.2, 0.25) is 5.69 Å². The lowest BCUT2D eigenvalue weighted by Crippen LogP contribution is -2.32. The maximum absolute atomic E-state index is 5.29. The minimum absolute atomic E-state index is 0.128. The van der Waals surface area contributed by atoms with Crippen molar-refractivity contribution in [3.8, 4) is 22.6 Å². The van der Waals surface area contributed by atoms with Crippen LogP contribution < -0.4 is 9.72 Å². The molecule has 3 nitrogen and oxygen atoms in total. The van der Waals surface area contributed by atoms with Gasteiger partial charge in [0.05, 0.1) is 11.8 Å². The molecule has 0 aliphatic heterocycles. The molecule has 0 unspecified atom stereocenters. The van der Waals surface area contributed by atoms with Crippen molar-refractivity contribution in [2.24, 2.45) is 0 Å². The van der Waals surface area contributed by atoms with Crippen molar-refractivity contribution in [1.82, 2.24) is 4.98 Å². The molecular formula is C30H30N3+. The first-order valence-corrected chi connectivity index (χ1v) is 11.5. The van der Waals surface area contributed by atoms with Gasteiger partial charge in [0.25, 0.3) is 0 Å². The fourth-order valence-corrected chi connectivity index (χ4v) is 4.30. The molecule has 0 fully saturated rings. The molecule has 0 aliphatic carbocycles. The van der Waals surface area contributed by atoms with Gasteiger partial charge in [-0.15, -0.1) is 0 Å². The largest absolute Gasteiger partial charge is 0.373 e. The van der Waals surface area contributed by atoms with Crippen molar-refractivity contribution in [2.45, 2.75) is 40.2 Å². The van der Waals surface area contributed by atoms with E-state index in [0.29, 0.717) is 0 Å². The summed E-state index contributed by atoms with van der Waals surface area (Å²) in [5, 5.41) is 6.22. The second-order valence-electron chi connectivity index (χ2n) is 9.89. The highest BCUT2D eigenvalue weighted by Crippen LogP contribution is 2.36. The van der Waals surface area contributed by atoms with Crippen molar-refractivity contribution >= 4 is 22.0 Å². The van der Waals surface area contributed by atoms with E-state index in [1.54, 1.807) is 0 Å². The molecule has 0 bridgehead atoms. The topological polar surface area (TPSA) is 29.0 Å². The summed E-state index contributed by atoms with van der Waals surface area (Å²) in [6.45, 7) is 10.8. The lowest BCUT2D eigenvalue weighted by molar-refractivity contribution is -0.501. The number of pyridine rings is 1. The Morgan fingerprint density at radius 2 is 1.33 bits per heavy atom. The van der Waals surface area contributed by atoms with E-state index in [2.05, 4.69) is 129 Å². The van der Waals surface area contributed by atoms with Crippen LogP contribution in [0.2, 0.25) is 0 Å². The number of hydrogen-bond donors (Lipinski definition) is 1. The van der Waals surface area contributed by atoms with Crippen LogP contribution >= 0.6 is 0 Å². The van der Waals surface area contributed by atoms with E-state index >= 15 is 0 Å². The van der Waals surface area contributed by atoms with Gasteiger partial charge in [0, 0.05) is 16.5 Å². The zero-order chi connectivity index (χ0) is 23.2. The number of nitrogens with one attached hydrogen (secondary N) is 1. The number of benzene rings is 3. The van der Waals surface area contributed by atoms with Crippen LogP contribution in [-0.2, 0) is 0 Å². The van der Waals surface area contributed by atoms with Crippen molar-refractivity contribution < 1.29 is 4.40 Å². The van der Waals surface area contributed by atoms with Gasteiger partial charge in [0.1, 0.15) is 5.69 Å². The molecule has 0 spiro atoms. The van der Waals surface area contributed by atoms with Crippen LogP contribution in [0.3, 0.4) is 0 Å². The second kappa shape index (κ2) is 8.00. The smallest absolute Gasteiger partial charge is 0.336 e. The summed E-state index contributed by atoms with van der Waals surface area (Å²) in [5.41, 5.74) is 7.72. The van der Waals surface area contributed by atoms with Gasteiger partial charge in [-0.05, 0) is 63.2 Å². The Morgan fingerprint density at radius 1 is 0.727 bits per heavy atom. The van der Waals surface area contributed by atoms with Crippen LogP contribution in [-0.4, -0.2) is 10.5 Å². The van der Waals surface area contributed by atoms with E-state index in [1.165, 1.54) is 21.9 Å². The van der Waals surface area contributed by atoms with Crippen molar-refractivity contribution in [2.75, 3.05) is 5.32 Å². The number of hydrogen-bond acceptors (Lipinski definition) is 2. The zero-order valence-electron chi connectivity index (χ0n) is 20.0. The van der Waals surface area contributed by atoms with Crippen LogP contribution in [0.4, 0.5) is 5.69 Å². The first-order valence-electron chi connectivity index (χ1n) is 11.5. The van der Waals surface area contributed by atoms with Crippen LogP contribution in [0.1, 0.15) is 31.9 Å². The number of aryl methyl sites for hydroxylation is 2. The fourth-order valence-electron chi connectivity index (χ4n) is 4.30. The molecule has 33 heavy (non-hydrogen) atoms. The van der Waals surface area contributed by atoms with Crippen LogP contribution in [0.5, 0.6) is 0 Å². The minimum Gasteiger partial charge on any atom is -0.373 e. The number of fused-ring (bicyclic) bond motifs is 3. The average molecular weight is 433 g/mol. The fraction of sp³-hybridized carbons (Fsp3) is 0.200. The Hall–Kier alpha value is -3.72. The first kappa shape index (κ1) is 21.1. The minimum atomic E-state index is -0.128. The zero-order valence-corrected chi connectivity index (χ0v) is 20.0. The maximum atomic E-state index is 5.29. The quantitative estimate of drug-likeness (QED) is 0.243. The molecule has 164 valence electrons. The van der Waals surface area contributed by atoms with Gasteiger partial charge >= 0.3 is 5.82 Å². The lowest BCUT2D eigenvalue weighted by Gasteiger charge is -2.24. The van der Waals surface area contributed by atoms with Crippen LogP contribution in [0.25, 0.3) is 38.9 Å². The molecule has 0 amide bonds. The third kappa shape index (κ3) is 4.07. The van der Waals surface area contributed by atoms with E-state index in [9.17, 15) is 0 Å². The Labute approximate surface area is 195 Å². The maximum Gasteiger partial charge on any atom is 0.336 e. The predicted octanol–water partition coefficient (Wildman–Crippen LogP) is 7.13. The molecule has 0 atom stereocenters. The Bertz CT molecular complexity index is 1460. The molecule has 0 aliphatic rings. The highest BCUT2D eigenvalue weighted by Gasteiger charge is 2.28. The Morgan fingerprint density at radius 3 is 1.97 bits per heavy atom. The molecule has 0 saturated heterocycles. The van der Waals surface area contributed by atoms with E-state index in [1.807, 2.05) is 0 Å². The summed E-state index contributed by atoms with van der Waals surface area (Å²) < 4.78 is 2.23. The third-order valence-electron chi connectivity index (χ3n) is 5.91. The van der Waals surface area contributed by atoms with Crippen LogP contribution in [0.15, 0.2) is 85.1 Å². The summed E-state index contributed by atoms with van der Waals surface area (Å²) in [6.07, 6.45) is 2.15. The van der Waals surface area contributed by atoms with Crippen molar-refractivity contribution in [3.05, 3.63) is 96.2 Å². The second-order valence-corrected chi connectivity index (χ2v) is 9.89. The van der Waals surface area contributed by atoms with E-state index < -0.39 is 0 Å². The molecule has 0 saturated carbocycles. The molecule has 3 heteroatoms. The molecule has 5 aromatic rings. The van der Waals surface area contributed by atoms with E-state index in [-0.39, 0.29) is 5.54 Å². The van der Waals surface area contributed by atoms with E-state index in [0.717, 1.165) is 33.8 Å². The summed E-state index contributed by atoms with van der Waals surface area (Å²) in [5.74, 6) is 0.936. The number of rotatable bonds is 3. The molecule has 5 rings (SSSR count). The standard InChI is InChI=1S/C30H30N3/c1-20-10-14-23(15-11-20)26-27(32-30(3,4)5)28-25-9-7-6-8-22(25)18-19-33(28)29(31-26)24-16-12-21(2)13-17-24/h6-19,32H,1-5H3/q+1. The summed E-state index contributed by atoms with van der Waals surface area (Å²) >= 11 is 0. The van der Waals surface area contributed by atoms with Gasteiger partial charge in [-0.2, -0.15) is 4.40 Å². The van der Waals surface area contributed by atoms with E-state index in [4.69, 9.17) is 4.98 Å². The Balaban J connectivity index is 1.96. The molecular weight excluding hydrogens is 402 g/mol. The number of aromatic nitrogens is 2. The number of nitrogens with zero attached hydrogens (tertiary/aromatic N) is 2. The monoisotopic (exact) mass is 432 g/mol. The number of anilines is 1. The average Bonchev–Trinajstić information content (AvgIpc) is 2.79. The van der Waals surface area contributed by atoms with Gasteiger partial charge in [-0.3, -0.25) is 0 Å². The molecule has 3 aromatic carbocycles.